The van der Waals surface area contributed by atoms with Gasteiger partial charge < -0.3 is 10.8 Å². The van der Waals surface area contributed by atoms with Crippen LogP contribution in [0, 0.1) is 0 Å². The summed E-state index contributed by atoms with van der Waals surface area (Å²) < 4.78 is 0. The van der Waals surface area contributed by atoms with Gasteiger partial charge in [0.05, 0.1) is 6.10 Å². The van der Waals surface area contributed by atoms with Gasteiger partial charge in [-0.3, -0.25) is 9.59 Å². The first kappa shape index (κ1) is 8.83. The SMILES string of the molecule is NC[C@@H](O)C1=CC(=O)C(=O)C=C1. The largest absolute Gasteiger partial charge is 0.387 e. The Hall–Kier alpha value is -1.26. The van der Waals surface area contributed by atoms with Gasteiger partial charge in [0, 0.05) is 6.54 Å². The summed E-state index contributed by atoms with van der Waals surface area (Å²) in [6, 6.07) is 0. The molecule has 0 bridgehead atoms. The minimum absolute atomic E-state index is 0.0393. The molecule has 1 aliphatic rings. The monoisotopic (exact) mass is 167 g/mol. The Bertz CT molecular complexity index is 278. The molecule has 0 aliphatic heterocycles. The van der Waals surface area contributed by atoms with Crippen LogP contribution in [0.3, 0.4) is 0 Å². The smallest absolute Gasteiger partial charge is 0.226 e. The Balaban J connectivity index is 2.83. The van der Waals surface area contributed by atoms with E-state index in [4.69, 9.17) is 5.73 Å². The Kier molecular flexibility index (Phi) is 2.52. The van der Waals surface area contributed by atoms with E-state index in [1.807, 2.05) is 0 Å². The Morgan fingerprint density at radius 3 is 2.50 bits per heavy atom. The molecular formula is C8H9NO3. The highest BCUT2D eigenvalue weighted by atomic mass is 16.3. The second kappa shape index (κ2) is 3.42. The van der Waals surface area contributed by atoms with Gasteiger partial charge in [0.1, 0.15) is 0 Å². The highest BCUT2D eigenvalue weighted by Gasteiger charge is 2.16. The second-order valence-corrected chi connectivity index (χ2v) is 2.46. The van der Waals surface area contributed by atoms with E-state index in [1.54, 1.807) is 0 Å². The van der Waals surface area contributed by atoms with Gasteiger partial charge in [-0.15, -0.1) is 0 Å². The quantitative estimate of drug-likeness (QED) is 0.406. The predicted octanol–water partition coefficient (Wildman–Crippen LogP) is -1.06. The average Bonchev–Trinajstić information content (AvgIpc) is 2.08. The van der Waals surface area contributed by atoms with Gasteiger partial charge in [-0.25, -0.2) is 0 Å². The van der Waals surface area contributed by atoms with Gasteiger partial charge in [0.15, 0.2) is 0 Å². The third-order valence-corrected chi connectivity index (χ3v) is 1.58. The number of ketones is 2. The third-order valence-electron chi connectivity index (χ3n) is 1.58. The number of allylic oxidation sites excluding steroid dienone is 2. The molecule has 64 valence electrons. The third kappa shape index (κ3) is 1.66. The van der Waals surface area contributed by atoms with E-state index in [0.29, 0.717) is 5.57 Å². The number of nitrogens with two attached hydrogens (primary N) is 1. The molecule has 12 heavy (non-hydrogen) atoms. The van der Waals surface area contributed by atoms with Crippen LogP contribution in [0.1, 0.15) is 0 Å². The fourth-order valence-electron chi connectivity index (χ4n) is 0.868. The van der Waals surface area contributed by atoms with Crippen LogP contribution in [0.5, 0.6) is 0 Å². The molecule has 0 amide bonds. The molecule has 3 N–H and O–H groups in total. The predicted molar refractivity (Wildman–Crippen MR) is 42.3 cm³/mol. The molecule has 0 aromatic rings. The van der Waals surface area contributed by atoms with E-state index in [2.05, 4.69) is 0 Å². The van der Waals surface area contributed by atoms with E-state index in [-0.39, 0.29) is 6.54 Å². The van der Waals surface area contributed by atoms with E-state index >= 15 is 0 Å². The van der Waals surface area contributed by atoms with Gasteiger partial charge in [-0.2, -0.15) is 0 Å². The Morgan fingerprint density at radius 1 is 1.33 bits per heavy atom. The molecule has 4 nitrogen and oxygen atoms in total. The van der Waals surface area contributed by atoms with Crippen molar-refractivity contribution in [3.8, 4) is 0 Å². The number of carbonyl (C=O) groups excluding carboxylic acids is 2. The first-order valence-electron chi connectivity index (χ1n) is 3.51. The lowest BCUT2D eigenvalue weighted by Gasteiger charge is -2.10. The summed E-state index contributed by atoms with van der Waals surface area (Å²) in [7, 11) is 0. The zero-order valence-electron chi connectivity index (χ0n) is 6.36. The first-order chi connectivity index (χ1) is 5.65. The highest BCUT2D eigenvalue weighted by Crippen LogP contribution is 2.08. The molecule has 0 saturated heterocycles. The number of rotatable bonds is 2. The van der Waals surface area contributed by atoms with Crippen LogP contribution >= 0.6 is 0 Å². The van der Waals surface area contributed by atoms with E-state index in [1.165, 1.54) is 6.08 Å². The van der Waals surface area contributed by atoms with Gasteiger partial charge in [0.2, 0.25) is 11.6 Å². The summed E-state index contributed by atoms with van der Waals surface area (Å²) in [4.78, 5) is 21.5. The first-order valence-corrected chi connectivity index (χ1v) is 3.51. The van der Waals surface area contributed by atoms with Crippen molar-refractivity contribution in [3.63, 3.8) is 0 Å². The van der Waals surface area contributed by atoms with Crippen LogP contribution in [-0.2, 0) is 9.59 Å². The lowest BCUT2D eigenvalue weighted by atomic mass is 10.0. The molecule has 0 spiro atoms. The lowest BCUT2D eigenvalue weighted by molar-refractivity contribution is -0.131. The van der Waals surface area contributed by atoms with Crippen molar-refractivity contribution >= 4 is 11.6 Å². The van der Waals surface area contributed by atoms with Crippen molar-refractivity contribution in [1.29, 1.82) is 0 Å². The minimum atomic E-state index is -0.863. The van der Waals surface area contributed by atoms with Gasteiger partial charge in [0.25, 0.3) is 0 Å². The maximum atomic E-state index is 10.8. The Labute approximate surface area is 69.4 Å². The molecule has 0 radical (unpaired) electrons. The standard InChI is InChI=1S/C8H9NO3/c9-4-8(12)5-1-2-6(10)7(11)3-5/h1-3,8,12H,4,9H2/t8-/m1/s1. The number of aliphatic hydroxyl groups is 1. The molecule has 1 aliphatic carbocycles. The molecule has 0 aromatic heterocycles. The van der Waals surface area contributed by atoms with Crippen molar-refractivity contribution in [2.45, 2.75) is 6.10 Å². The highest BCUT2D eigenvalue weighted by molar-refractivity contribution is 6.46. The number of carbonyl (C=O) groups is 2. The molecule has 0 unspecified atom stereocenters. The maximum absolute atomic E-state index is 10.8. The van der Waals surface area contributed by atoms with Crippen LogP contribution in [0.15, 0.2) is 23.8 Å². The summed E-state index contributed by atoms with van der Waals surface area (Å²) >= 11 is 0. The minimum Gasteiger partial charge on any atom is -0.387 e. The topological polar surface area (TPSA) is 80.4 Å². The fraction of sp³-hybridized carbons (Fsp3) is 0.250. The number of hydrogen-bond donors (Lipinski definition) is 2. The fourth-order valence-corrected chi connectivity index (χ4v) is 0.868. The van der Waals surface area contributed by atoms with Crippen LogP contribution in [0.25, 0.3) is 0 Å². The molecule has 0 saturated carbocycles. The van der Waals surface area contributed by atoms with Gasteiger partial charge in [-0.1, -0.05) is 6.08 Å². The maximum Gasteiger partial charge on any atom is 0.226 e. The molecule has 0 heterocycles. The lowest BCUT2D eigenvalue weighted by Crippen LogP contribution is -2.24. The summed E-state index contributed by atoms with van der Waals surface area (Å²) in [5.74, 6) is -1.18. The van der Waals surface area contributed by atoms with Crippen molar-refractivity contribution in [1.82, 2.24) is 0 Å². The summed E-state index contributed by atoms with van der Waals surface area (Å²) in [5.41, 5.74) is 5.55. The second-order valence-electron chi connectivity index (χ2n) is 2.46. The summed E-state index contributed by atoms with van der Waals surface area (Å²) in [5, 5.41) is 9.18. The molecular weight excluding hydrogens is 158 g/mol. The van der Waals surface area contributed by atoms with E-state index < -0.39 is 17.7 Å². The van der Waals surface area contributed by atoms with Gasteiger partial charge >= 0.3 is 0 Å². The molecule has 1 atom stereocenters. The van der Waals surface area contributed by atoms with Crippen molar-refractivity contribution < 1.29 is 14.7 Å². The number of hydrogen-bond acceptors (Lipinski definition) is 4. The Morgan fingerprint density at radius 2 is 2.00 bits per heavy atom. The molecule has 0 aromatic carbocycles. The molecule has 4 heteroatoms. The van der Waals surface area contributed by atoms with Crippen molar-refractivity contribution in [2.24, 2.45) is 5.73 Å². The summed E-state index contributed by atoms with van der Waals surface area (Å²) in [6.07, 6.45) is 2.79. The van der Waals surface area contributed by atoms with Crippen LogP contribution in [0.4, 0.5) is 0 Å². The average molecular weight is 167 g/mol. The van der Waals surface area contributed by atoms with E-state index in [9.17, 15) is 14.7 Å². The van der Waals surface area contributed by atoms with Crippen LogP contribution in [-0.4, -0.2) is 29.3 Å². The van der Waals surface area contributed by atoms with E-state index in [0.717, 1.165) is 12.2 Å². The van der Waals surface area contributed by atoms with Gasteiger partial charge in [-0.05, 0) is 17.7 Å². The summed E-state index contributed by atoms with van der Waals surface area (Å²) in [6.45, 7) is 0.0393. The zero-order chi connectivity index (χ0) is 9.14. The zero-order valence-corrected chi connectivity index (χ0v) is 6.36. The number of aliphatic hydroxyl groups excluding tert-OH is 1. The molecule has 0 fully saturated rings. The van der Waals surface area contributed by atoms with Crippen molar-refractivity contribution in [2.75, 3.05) is 6.54 Å². The molecule has 1 rings (SSSR count). The normalized spacial score (nSPS) is 19.3. The van der Waals surface area contributed by atoms with Crippen LogP contribution in [0.2, 0.25) is 0 Å². The van der Waals surface area contributed by atoms with Crippen LogP contribution < -0.4 is 5.73 Å². The van der Waals surface area contributed by atoms with Crippen molar-refractivity contribution in [3.05, 3.63) is 23.8 Å².